The smallest absolute Gasteiger partial charge is 0.315 e. The predicted octanol–water partition coefficient (Wildman–Crippen LogP) is 1.31. The van der Waals surface area contributed by atoms with E-state index in [1.807, 2.05) is 0 Å². The molecule has 1 heterocycles. The average Bonchev–Trinajstić information content (AvgIpc) is 2.48. The molecule has 0 aliphatic rings. The third-order valence-corrected chi connectivity index (χ3v) is 2.76. The van der Waals surface area contributed by atoms with Crippen LogP contribution >= 0.6 is 0 Å². The summed E-state index contributed by atoms with van der Waals surface area (Å²) in [6.07, 6.45) is 4.99. The Kier molecular flexibility index (Phi) is 3.86. The Labute approximate surface area is 122 Å². The number of phenols is 2. The van der Waals surface area contributed by atoms with Crippen molar-refractivity contribution in [1.29, 1.82) is 5.26 Å². The molecule has 0 atom stereocenters. The van der Waals surface area contributed by atoms with Crippen molar-refractivity contribution in [2.45, 2.75) is 0 Å². The van der Waals surface area contributed by atoms with E-state index in [2.05, 4.69) is 4.98 Å². The van der Waals surface area contributed by atoms with Crippen LogP contribution in [0.3, 0.4) is 0 Å². The lowest BCUT2D eigenvalue weighted by Gasteiger charge is -2.01. The molecule has 9 nitrogen and oxygen atoms in total. The zero-order valence-electron chi connectivity index (χ0n) is 10.9. The number of benzene rings is 1. The van der Waals surface area contributed by atoms with Gasteiger partial charge in [0.1, 0.15) is 11.6 Å². The van der Waals surface area contributed by atoms with Crippen molar-refractivity contribution in [2.75, 3.05) is 0 Å². The second kappa shape index (κ2) is 5.76. The third-order valence-electron chi connectivity index (χ3n) is 2.76. The molecule has 0 bridgehead atoms. The van der Waals surface area contributed by atoms with Crippen molar-refractivity contribution < 1.29 is 19.6 Å². The van der Waals surface area contributed by atoms with E-state index in [9.17, 15) is 25.2 Å². The molecule has 0 aliphatic heterocycles. The van der Waals surface area contributed by atoms with Crippen molar-refractivity contribution in [2.24, 2.45) is 0 Å². The van der Waals surface area contributed by atoms with E-state index in [1.54, 1.807) is 6.07 Å². The van der Waals surface area contributed by atoms with Crippen LogP contribution in [0.25, 0.3) is 11.6 Å². The second-order valence-corrected chi connectivity index (χ2v) is 4.17. The van der Waals surface area contributed by atoms with Crippen molar-refractivity contribution in [3.05, 3.63) is 57.0 Å². The van der Waals surface area contributed by atoms with E-state index in [4.69, 9.17) is 5.26 Å². The number of hydrogen-bond donors (Lipinski definition) is 3. The predicted molar refractivity (Wildman–Crippen MR) is 74.1 cm³/mol. The molecule has 0 saturated carbocycles. The topological polar surface area (TPSA) is 146 Å². The number of nitrogens with one attached hydrogen (secondary N) is 1. The van der Waals surface area contributed by atoms with Gasteiger partial charge in [-0.25, -0.2) is 0 Å². The van der Waals surface area contributed by atoms with E-state index >= 15 is 0 Å². The normalized spacial score (nSPS) is 11.0. The van der Waals surface area contributed by atoms with Gasteiger partial charge in [-0.3, -0.25) is 10.1 Å². The van der Waals surface area contributed by atoms with Gasteiger partial charge in [-0.15, -0.1) is 0 Å². The second-order valence-electron chi connectivity index (χ2n) is 4.17. The quantitative estimate of drug-likeness (QED) is 0.256. The largest absolute Gasteiger partial charge is 0.504 e. The van der Waals surface area contributed by atoms with Gasteiger partial charge in [0.05, 0.1) is 21.7 Å². The van der Waals surface area contributed by atoms with Gasteiger partial charge in [-0.05, 0) is 17.7 Å². The van der Waals surface area contributed by atoms with Crippen LogP contribution in [-0.2, 0) is 0 Å². The number of phenolic OH excluding ortho intramolecular Hbond substituents is 2. The van der Waals surface area contributed by atoms with Gasteiger partial charge in [0.2, 0.25) is 11.9 Å². The maximum Gasteiger partial charge on any atom is 0.315 e. The number of aromatic hydroxyl groups is 2. The maximum absolute atomic E-state index is 11.6. The number of nitriles is 1. The standard InChI is InChI=1S/C13H8N4O5/c14-6-9(11-7-15-1-2-16(11)20)3-8-4-10(17(21)22)13(19)12(18)5-8/h1-5,7H,(H2-,15,18,19,20)/p+1/b9-3+. The minimum atomic E-state index is -0.873. The first kappa shape index (κ1) is 14.7. The number of hydrogen-bond acceptors (Lipinski definition) is 6. The minimum Gasteiger partial charge on any atom is -0.504 e. The zero-order valence-corrected chi connectivity index (χ0v) is 10.9. The van der Waals surface area contributed by atoms with Gasteiger partial charge in [-0.1, -0.05) is 0 Å². The summed E-state index contributed by atoms with van der Waals surface area (Å²) in [7, 11) is 0. The van der Waals surface area contributed by atoms with Crippen molar-refractivity contribution in [3.63, 3.8) is 0 Å². The summed E-state index contributed by atoms with van der Waals surface area (Å²) in [4.78, 5) is 24.2. The zero-order chi connectivity index (χ0) is 16.3. The molecular weight excluding hydrogens is 292 g/mol. The molecule has 110 valence electrons. The first-order valence-corrected chi connectivity index (χ1v) is 5.86. The number of H-pyrrole nitrogens is 1. The van der Waals surface area contributed by atoms with Crippen LogP contribution in [0.4, 0.5) is 5.69 Å². The lowest BCUT2D eigenvalue weighted by molar-refractivity contribution is -0.498. The Morgan fingerprint density at radius 2 is 2.18 bits per heavy atom. The molecule has 2 rings (SSSR count). The molecule has 1 aromatic heterocycles. The number of rotatable bonds is 3. The lowest BCUT2D eigenvalue weighted by atomic mass is 10.1. The molecule has 0 radical (unpaired) electrons. The highest BCUT2D eigenvalue weighted by Crippen LogP contribution is 2.36. The van der Waals surface area contributed by atoms with E-state index in [-0.39, 0.29) is 16.8 Å². The van der Waals surface area contributed by atoms with Crippen molar-refractivity contribution >= 4 is 17.3 Å². The number of allylic oxidation sites excluding steroid dienone is 1. The maximum atomic E-state index is 11.6. The van der Waals surface area contributed by atoms with E-state index in [0.29, 0.717) is 4.43 Å². The summed E-state index contributed by atoms with van der Waals surface area (Å²) in [5, 5.41) is 38.8. The fourth-order valence-electron chi connectivity index (χ4n) is 1.76. The number of nitro groups is 1. The van der Waals surface area contributed by atoms with Crippen LogP contribution in [0, 0.1) is 26.4 Å². The summed E-state index contributed by atoms with van der Waals surface area (Å²) in [6, 6.07) is 3.82. The molecule has 0 unspecified atom stereocenters. The molecule has 0 aliphatic carbocycles. The third kappa shape index (κ3) is 2.75. The first-order chi connectivity index (χ1) is 10.4. The summed E-state index contributed by atoms with van der Waals surface area (Å²) in [5.41, 5.74) is -0.702. The molecule has 22 heavy (non-hydrogen) atoms. The molecule has 1 aromatic carbocycles. The molecular formula is C13H9N4O5+. The van der Waals surface area contributed by atoms with Crippen LogP contribution in [0.1, 0.15) is 11.3 Å². The fraction of sp³-hybridized carbons (Fsp3) is 0. The van der Waals surface area contributed by atoms with Crippen LogP contribution in [0.5, 0.6) is 11.5 Å². The monoisotopic (exact) mass is 301 g/mol. The summed E-state index contributed by atoms with van der Waals surface area (Å²) in [6.45, 7) is 0. The number of nitrogens with zero attached hydrogens (tertiary/aromatic N) is 3. The summed E-state index contributed by atoms with van der Waals surface area (Å²) < 4.78 is 0.445. The van der Waals surface area contributed by atoms with Crippen LogP contribution in [0.2, 0.25) is 0 Å². The Bertz CT molecular complexity index is 879. The number of nitro benzene ring substituents is 1. The van der Waals surface area contributed by atoms with Gasteiger partial charge >= 0.3 is 5.69 Å². The number of aromatic nitrogens is 2. The highest BCUT2D eigenvalue weighted by Gasteiger charge is 2.20. The highest BCUT2D eigenvalue weighted by atomic mass is 16.6. The Morgan fingerprint density at radius 1 is 1.45 bits per heavy atom. The molecule has 0 amide bonds. The van der Waals surface area contributed by atoms with Crippen LogP contribution in [0.15, 0.2) is 30.7 Å². The summed E-state index contributed by atoms with van der Waals surface area (Å²) >= 11 is 0. The van der Waals surface area contributed by atoms with Crippen molar-refractivity contribution in [1.82, 2.24) is 4.98 Å². The SMILES string of the molecule is N#C/C(=C\c1cc(O)c(O)c([N+](=O)[O-])c1)c1c[nH]cc[n+]1=O. The number of aromatic amines is 1. The summed E-state index contributed by atoms with van der Waals surface area (Å²) in [5.74, 6) is -1.57. The molecule has 0 fully saturated rings. The average molecular weight is 301 g/mol. The minimum absolute atomic E-state index is 0.000202. The highest BCUT2D eigenvalue weighted by molar-refractivity contribution is 5.88. The van der Waals surface area contributed by atoms with Crippen LogP contribution in [-0.4, -0.2) is 20.1 Å². The van der Waals surface area contributed by atoms with Gasteiger partial charge in [0.15, 0.2) is 5.75 Å². The Morgan fingerprint density at radius 3 is 2.77 bits per heavy atom. The molecule has 2 aromatic rings. The van der Waals surface area contributed by atoms with E-state index in [1.165, 1.54) is 18.5 Å². The Balaban J connectivity index is 2.62. The molecule has 0 saturated heterocycles. The van der Waals surface area contributed by atoms with Crippen LogP contribution < -0.4 is 4.43 Å². The van der Waals surface area contributed by atoms with Gasteiger partial charge in [0.25, 0.3) is 5.69 Å². The van der Waals surface area contributed by atoms with Gasteiger partial charge < -0.3 is 15.2 Å². The fourth-order valence-corrected chi connectivity index (χ4v) is 1.76. The molecule has 9 heteroatoms. The molecule has 0 spiro atoms. The van der Waals surface area contributed by atoms with Gasteiger partial charge in [-0.2, -0.15) is 5.26 Å². The molecule has 3 N–H and O–H groups in total. The van der Waals surface area contributed by atoms with Crippen molar-refractivity contribution in [3.8, 4) is 17.6 Å². The van der Waals surface area contributed by atoms with E-state index < -0.39 is 22.1 Å². The van der Waals surface area contributed by atoms with E-state index in [0.717, 1.165) is 18.3 Å². The van der Waals surface area contributed by atoms with Gasteiger partial charge in [0, 0.05) is 11.0 Å². The Hall–Kier alpha value is -3.67. The lowest BCUT2D eigenvalue weighted by Crippen LogP contribution is -2.19. The first-order valence-electron chi connectivity index (χ1n) is 5.86.